The highest BCUT2D eigenvalue weighted by molar-refractivity contribution is 5.68. The Morgan fingerprint density at radius 1 is 1.03 bits per heavy atom. The molecule has 0 aliphatic rings. The largest absolute Gasteiger partial charge is 0.369 e. The molecule has 0 saturated carbocycles. The van der Waals surface area contributed by atoms with Gasteiger partial charge < -0.3 is 15.5 Å². The molecule has 0 atom stereocenters. The number of aromatic nitrogens is 3. The number of benzene rings is 1. The number of halogens is 1. The molecule has 8 heteroatoms. The van der Waals surface area contributed by atoms with Crippen molar-refractivity contribution in [2.75, 3.05) is 36.8 Å². The number of hydrogen-bond donors (Lipinski definition) is 2. The number of anilines is 3. The monoisotopic (exact) mass is 405 g/mol. The summed E-state index contributed by atoms with van der Waals surface area (Å²) in [5, 5.41) is 15.8. The average Bonchev–Trinajstić information content (AvgIpc) is 2.79. The maximum Gasteiger partial charge on any atom is 0.227 e. The van der Waals surface area contributed by atoms with Gasteiger partial charge in [-0.25, -0.2) is 19.3 Å². The van der Waals surface area contributed by atoms with Gasteiger partial charge in [-0.3, -0.25) is 0 Å². The van der Waals surface area contributed by atoms with Gasteiger partial charge in [-0.2, -0.15) is 5.26 Å². The van der Waals surface area contributed by atoms with Gasteiger partial charge >= 0.3 is 0 Å². The minimum atomic E-state index is -0.321. The minimum absolute atomic E-state index is 0.317. The molecule has 2 N–H and O–H groups in total. The lowest BCUT2D eigenvalue weighted by Crippen LogP contribution is -2.28. The third-order valence-corrected chi connectivity index (χ3v) is 4.68. The van der Waals surface area contributed by atoms with Crippen LogP contribution in [0.15, 0.2) is 48.8 Å². The summed E-state index contributed by atoms with van der Waals surface area (Å²) >= 11 is 0. The topological polar surface area (TPSA) is 89.8 Å². The van der Waals surface area contributed by atoms with Gasteiger partial charge in [0.15, 0.2) is 0 Å². The van der Waals surface area contributed by atoms with Gasteiger partial charge in [-0.1, -0.05) is 13.8 Å². The first-order valence-electron chi connectivity index (χ1n) is 9.85. The summed E-state index contributed by atoms with van der Waals surface area (Å²) in [6.45, 7) is 8.07. The molecule has 0 unspecified atom stereocenters. The highest BCUT2D eigenvalue weighted by atomic mass is 19.1. The van der Waals surface area contributed by atoms with E-state index in [4.69, 9.17) is 0 Å². The minimum Gasteiger partial charge on any atom is -0.369 e. The maximum atomic E-state index is 13.1. The molecule has 154 valence electrons. The fraction of sp³-hybridized carbons (Fsp3) is 0.273. The van der Waals surface area contributed by atoms with Crippen LogP contribution in [0.2, 0.25) is 0 Å². The van der Waals surface area contributed by atoms with Gasteiger partial charge in [0.05, 0.1) is 17.5 Å². The van der Waals surface area contributed by atoms with Crippen LogP contribution in [-0.2, 0) is 0 Å². The van der Waals surface area contributed by atoms with Crippen molar-refractivity contribution in [2.45, 2.75) is 13.8 Å². The van der Waals surface area contributed by atoms with E-state index in [2.05, 4.69) is 50.4 Å². The van der Waals surface area contributed by atoms with Crippen molar-refractivity contribution < 1.29 is 4.39 Å². The van der Waals surface area contributed by atoms with Crippen molar-refractivity contribution >= 4 is 17.5 Å². The molecule has 2 heterocycles. The predicted molar refractivity (Wildman–Crippen MR) is 116 cm³/mol. The summed E-state index contributed by atoms with van der Waals surface area (Å²) in [4.78, 5) is 15.4. The summed E-state index contributed by atoms with van der Waals surface area (Å²) < 4.78 is 13.1. The number of nitriles is 1. The Labute approximate surface area is 175 Å². The zero-order chi connectivity index (χ0) is 21.3. The predicted octanol–water partition coefficient (Wildman–Crippen LogP) is 4.05. The van der Waals surface area contributed by atoms with Crippen LogP contribution in [0.4, 0.5) is 21.8 Å². The molecule has 0 aliphatic carbocycles. The van der Waals surface area contributed by atoms with Crippen molar-refractivity contribution in [2.24, 2.45) is 0 Å². The fourth-order valence-corrected chi connectivity index (χ4v) is 2.93. The molecule has 7 nitrogen and oxygen atoms in total. The molecular formula is C22H24FN7. The molecule has 0 fully saturated rings. The normalized spacial score (nSPS) is 10.6. The van der Waals surface area contributed by atoms with Gasteiger partial charge in [-0.15, -0.1) is 0 Å². The van der Waals surface area contributed by atoms with Crippen LogP contribution >= 0.6 is 0 Å². The first-order valence-corrected chi connectivity index (χ1v) is 9.85. The number of rotatable bonds is 9. The Balaban J connectivity index is 1.73. The van der Waals surface area contributed by atoms with Crippen LogP contribution < -0.4 is 10.6 Å². The highest BCUT2D eigenvalue weighted by Crippen LogP contribution is 2.23. The Kier molecular flexibility index (Phi) is 7.24. The molecule has 30 heavy (non-hydrogen) atoms. The van der Waals surface area contributed by atoms with Crippen molar-refractivity contribution in [1.82, 2.24) is 19.9 Å². The van der Waals surface area contributed by atoms with E-state index in [-0.39, 0.29) is 5.82 Å². The Hall–Kier alpha value is -3.57. The van der Waals surface area contributed by atoms with Crippen LogP contribution in [0.25, 0.3) is 11.3 Å². The Morgan fingerprint density at radius 3 is 2.43 bits per heavy atom. The van der Waals surface area contributed by atoms with E-state index < -0.39 is 0 Å². The van der Waals surface area contributed by atoms with Crippen molar-refractivity contribution in [3.8, 4) is 17.3 Å². The van der Waals surface area contributed by atoms with Crippen LogP contribution in [0, 0.1) is 17.1 Å². The van der Waals surface area contributed by atoms with E-state index in [1.165, 1.54) is 18.3 Å². The van der Waals surface area contributed by atoms with Gasteiger partial charge in [-0.05, 0) is 49.5 Å². The number of likely N-dealkylation sites (N-methyl/N-ethyl adjacent to an activating group) is 1. The van der Waals surface area contributed by atoms with Crippen molar-refractivity contribution in [3.05, 3.63) is 60.2 Å². The zero-order valence-corrected chi connectivity index (χ0v) is 17.1. The SMILES string of the molecule is CCN(CC)CCNc1ccc(-c2nc(Nc3ccc(F)cc3)ncc2C#N)cn1. The molecule has 3 rings (SSSR count). The second kappa shape index (κ2) is 10.3. The van der Waals surface area contributed by atoms with Crippen LogP contribution in [0.3, 0.4) is 0 Å². The van der Waals surface area contributed by atoms with Crippen LogP contribution in [-0.4, -0.2) is 46.0 Å². The molecule has 2 aromatic heterocycles. The molecule has 0 radical (unpaired) electrons. The lowest BCUT2D eigenvalue weighted by Gasteiger charge is -2.18. The first-order chi connectivity index (χ1) is 14.6. The molecule has 1 aromatic carbocycles. The van der Waals surface area contributed by atoms with E-state index in [9.17, 15) is 9.65 Å². The van der Waals surface area contributed by atoms with Crippen LogP contribution in [0.1, 0.15) is 19.4 Å². The van der Waals surface area contributed by atoms with E-state index in [1.54, 1.807) is 18.3 Å². The van der Waals surface area contributed by atoms with Crippen LogP contribution in [0.5, 0.6) is 0 Å². The molecule has 0 amide bonds. The summed E-state index contributed by atoms with van der Waals surface area (Å²) in [5.74, 6) is 0.763. The number of hydrogen-bond acceptors (Lipinski definition) is 7. The number of nitrogens with zero attached hydrogens (tertiary/aromatic N) is 5. The standard InChI is InChI=1S/C22H24FN7/c1-3-30(4-2)12-11-25-20-10-5-16(14-26-20)21-17(13-24)15-27-22(29-21)28-19-8-6-18(23)7-9-19/h5-10,14-15H,3-4,11-12H2,1-2H3,(H,25,26)(H,27,28,29). The van der Waals surface area contributed by atoms with Gasteiger partial charge in [0.25, 0.3) is 0 Å². The van der Waals surface area contributed by atoms with E-state index in [1.807, 2.05) is 12.1 Å². The molecule has 3 aromatic rings. The van der Waals surface area contributed by atoms with Crippen molar-refractivity contribution in [3.63, 3.8) is 0 Å². The third kappa shape index (κ3) is 5.49. The average molecular weight is 405 g/mol. The van der Waals surface area contributed by atoms with E-state index in [0.717, 1.165) is 32.0 Å². The second-order valence-corrected chi connectivity index (χ2v) is 6.59. The quantitative estimate of drug-likeness (QED) is 0.555. The highest BCUT2D eigenvalue weighted by Gasteiger charge is 2.11. The fourth-order valence-electron chi connectivity index (χ4n) is 2.93. The lowest BCUT2D eigenvalue weighted by molar-refractivity contribution is 0.316. The van der Waals surface area contributed by atoms with E-state index >= 15 is 0 Å². The molecule has 0 spiro atoms. The summed E-state index contributed by atoms with van der Waals surface area (Å²) in [5.41, 5.74) is 2.20. The van der Waals surface area contributed by atoms with Gasteiger partial charge in [0, 0.05) is 30.5 Å². The first kappa shape index (κ1) is 21.1. The van der Waals surface area contributed by atoms with E-state index in [0.29, 0.717) is 28.5 Å². The maximum absolute atomic E-state index is 13.1. The van der Waals surface area contributed by atoms with Gasteiger partial charge in [0.2, 0.25) is 5.95 Å². The summed E-state index contributed by atoms with van der Waals surface area (Å²) in [6, 6.07) is 11.7. The number of nitrogens with one attached hydrogen (secondary N) is 2. The number of pyridine rings is 1. The summed E-state index contributed by atoms with van der Waals surface area (Å²) in [6.07, 6.45) is 3.15. The smallest absolute Gasteiger partial charge is 0.227 e. The van der Waals surface area contributed by atoms with Gasteiger partial charge in [0.1, 0.15) is 17.7 Å². The molecular weight excluding hydrogens is 381 g/mol. The zero-order valence-electron chi connectivity index (χ0n) is 17.1. The second-order valence-electron chi connectivity index (χ2n) is 6.59. The Bertz CT molecular complexity index is 993. The molecule has 0 aliphatic heterocycles. The molecule has 0 bridgehead atoms. The van der Waals surface area contributed by atoms with Crippen molar-refractivity contribution in [1.29, 1.82) is 5.26 Å². The molecule has 0 saturated heterocycles. The third-order valence-electron chi connectivity index (χ3n) is 4.68. The lowest BCUT2D eigenvalue weighted by atomic mass is 10.1. The Morgan fingerprint density at radius 2 is 1.80 bits per heavy atom. The summed E-state index contributed by atoms with van der Waals surface area (Å²) in [7, 11) is 0.